The van der Waals surface area contributed by atoms with Gasteiger partial charge in [-0.25, -0.2) is 27.3 Å². The van der Waals surface area contributed by atoms with Gasteiger partial charge >= 0.3 is 11.7 Å². The van der Waals surface area contributed by atoms with E-state index < -0.39 is 47.0 Å². The summed E-state index contributed by atoms with van der Waals surface area (Å²) in [5.74, 6) is -4.40. The summed E-state index contributed by atoms with van der Waals surface area (Å²) < 4.78 is 59.9. The Morgan fingerprint density at radius 1 is 1.10 bits per heavy atom. The van der Waals surface area contributed by atoms with Crippen LogP contribution in [-0.2, 0) is 13.2 Å². The van der Waals surface area contributed by atoms with Crippen LogP contribution >= 0.6 is 11.3 Å². The number of hydrogen-bond donors (Lipinski definition) is 2. The number of nitrogens with zero attached hydrogens (tertiary/aromatic N) is 2. The van der Waals surface area contributed by atoms with E-state index in [9.17, 15) is 32.7 Å². The van der Waals surface area contributed by atoms with Crippen molar-refractivity contribution in [1.82, 2.24) is 14.7 Å². The second-order valence-electron chi connectivity index (χ2n) is 8.19. The molecule has 14 heteroatoms. The number of carboxylic acid groups (broad SMARTS) is 1. The molecule has 5 rings (SSSR count). The number of rotatable bonds is 8. The van der Waals surface area contributed by atoms with Gasteiger partial charge in [0.25, 0.3) is 5.56 Å². The number of aromatic carboxylic acids is 1. The molecule has 0 fully saturated rings. The first-order valence-corrected chi connectivity index (χ1v) is 12.0. The van der Waals surface area contributed by atoms with Crippen LogP contribution in [-0.4, -0.2) is 25.8 Å². The summed E-state index contributed by atoms with van der Waals surface area (Å²) in [7, 11) is 0. The molecule has 0 saturated carbocycles. The molecule has 200 valence electrons. The molecule has 39 heavy (non-hydrogen) atoms. The number of H-pyrrole nitrogens is 1. The van der Waals surface area contributed by atoms with E-state index in [0.29, 0.717) is 16.0 Å². The molecule has 0 aliphatic heterocycles. The van der Waals surface area contributed by atoms with E-state index in [2.05, 4.69) is 10.1 Å². The molecule has 5 aromatic rings. The standard InChI is InChI=1S/C25H16F3N3O7S/c1-11-6-12(30-38-11)8-37-19-5-4-16(27)21(28)14(19)9-36-13-2-3-15(26)18(7-13)31-23(32)20-17(29-25(31)35)10-39-22(20)24(33)34/h2-7,10H,8-9H2,1H3,(H,29,35)(H,33,34). The van der Waals surface area contributed by atoms with Crippen LogP contribution in [0.5, 0.6) is 11.5 Å². The SMILES string of the molecule is Cc1cc(COc2ccc(F)c(F)c2COc2ccc(F)c(-n3c(=O)[nH]c4csc(C(=O)O)c4c3=O)c2)no1. The average molecular weight is 559 g/mol. The van der Waals surface area contributed by atoms with E-state index in [1.165, 1.54) is 11.4 Å². The lowest BCUT2D eigenvalue weighted by Crippen LogP contribution is -2.34. The molecule has 0 aliphatic carbocycles. The van der Waals surface area contributed by atoms with Crippen LogP contribution in [0.2, 0.25) is 0 Å². The highest BCUT2D eigenvalue weighted by Gasteiger charge is 2.21. The van der Waals surface area contributed by atoms with Gasteiger partial charge in [-0.15, -0.1) is 11.3 Å². The number of halogens is 3. The summed E-state index contributed by atoms with van der Waals surface area (Å²) in [5, 5.41) is 14.1. The Balaban J connectivity index is 1.47. The number of thiophene rings is 1. The molecule has 2 N–H and O–H groups in total. The van der Waals surface area contributed by atoms with Gasteiger partial charge in [0.2, 0.25) is 0 Å². The molecular weight excluding hydrogens is 543 g/mol. The summed E-state index contributed by atoms with van der Waals surface area (Å²) in [6.45, 7) is 1.00. The highest BCUT2D eigenvalue weighted by molar-refractivity contribution is 7.13. The Bertz CT molecular complexity index is 1860. The second kappa shape index (κ2) is 10.1. The fourth-order valence-corrected chi connectivity index (χ4v) is 4.63. The van der Waals surface area contributed by atoms with Crippen molar-refractivity contribution < 1.29 is 37.1 Å². The van der Waals surface area contributed by atoms with E-state index in [0.717, 1.165) is 35.6 Å². The zero-order valence-corrected chi connectivity index (χ0v) is 20.6. The van der Waals surface area contributed by atoms with Gasteiger partial charge in [-0.05, 0) is 31.2 Å². The van der Waals surface area contributed by atoms with Crippen molar-refractivity contribution in [3.63, 3.8) is 0 Å². The lowest BCUT2D eigenvalue weighted by atomic mass is 10.2. The average Bonchev–Trinajstić information content (AvgIpc) is 3.51. The van der Waals surface area contributed by atoms with Crippen molar-refractivity contribution in [3.05, 3.63) is 102 Å². The third-order valence-electron chi connectivity index (χ3n) is 5.59. The van der Waals surface area contributed by atoms with Crippen LogP contribution in [0.1, 0.15) is 26.7 Å². The molecule has 0 amide bonds. The molecule has 0 spiro atoms. The van der Waals surface area contributed by atoms with Gasteiger partial charge < -0.3 is 24.1 Å². The van der Waals surface area contributed by atoms with E-state index in [1.807, 2.05) is 0 Å². The fraction of sp³-hybridized carbons (Fsp3) is 0.120. The Morgan fingerprint density at radius 2 is 1.87 bits per heavy atom. The van der Waals surface area contributed by atoms with Crippen molar-refractivity contribution in [2.45, 2.75) is 20.1 Å². The van der Waals surface area contributed by atoms with E-state index in [-0.39, 0.29) is 39.4 Å². The van der Waals surface area contributed by atoms with Gasteiger partial charge in [-0.3, -0.25) is 4.79 Å². The normalized spacial score (nSPS) is 11.2. The van der Waals surface area contributed by atoms with E-state index in [1.54, 1.807) is 13.0 Å². The first-order valence-electron chi connectivity index (χ1n) is 11.1. The number of carbonyl (C=O) groups is 1. The number of benzene rings is 2. The predicted molar refractivity (Wildman–Crippen MR) is 131 cm³/mol. The number of aromatic nitrogens is 3. The molecule has 10 nitrogen and oxygen atoms in total. The van der Waals surface area contributed by atoms with Crippen molar-refractivity contribution in [3.8, 4) is 17.2 Å². The maximum absolute atomic E-state index is 14.8. The summed E-state index contributed by atoms with van der Waals surface area (Å²) >= 11 is 0.730. The summed E-state index contributed by atoms with van der Waals surface area (Å²) in [6, 6.07) is 6.74. The maximum atomic E-state index is 14.8. The zero-order valence-electron chi connectivity index (χ0n) is 19.8. The van der Waals surface area contributed by atoms with Crippen molar-refractivity contribution >= 4 is 28.2 Å². The Morgan fingerprint density at radius 3 is 2.59 bits per heavy atom. The quantitative estimate of drug-likeness (QED) is 0.287. The fourth-order valence-electron chi connectivity index (χ4n) is 3.81. The van der Waals surface area contributed by atoms with Crippen LogP contribution in [0.15, 0.2) is 55.9 Å². The van der Waals surface area contributed by atoms with E-state index >= 15 is 0 Å². The third-order valence-corrected chi connectivity index (χ3v) is 6.56. The molecule has 0 saturated heterocycles. The molecule has 0 unspecified atom stereocenters. The number of aryl methyl sites for hydroxylation is 1. The van der Waals surface area contributed by atoms with Crippen LogP contribution < -0.4 is 20.7 Å². The minimum Gasteiger partial charge on any atom is -0.489 e. The van der Waals surface area contributed by atoms with Gasteiger partial charge in [0.05, 0.1) is 22.2 Å². The first kappa shape index (κ1) is 25.8. The second-order valence-corrected chi connectivity index (χ2v) is 9.07. The van der Waals surface area contributed by atoms with Crippen LogP contribution in [0.4, 0.5) is 13.2 Å². The number of hydrogen-bond acceptors (Lipinski definition) is 8. The molecule has 0 bridgehead atoms. The van der Waals surface area contributed by atoms with Crippen molar-refractivity contribution in [1.29, 1.82) is 0 Å². The molecular formula is C25H16F3N3O7S. The van der Waals surface area contributed by atoms with Gasteiger partial charge in [0.1, 0.15) is 46.9 Å². The number of aromatic amines is 1. The zero-order chi connectivity index (χ0) is 27.8. The molecule has 0 radical (unpaired) electrons. The van der Waals surface area contributed by atoms with Gasteiger partial charge in [-0.2, -0.15) is 0 Å². The number of fused-ring (bicyclic) bond motifs is 1. The van der Waals surface area contributed by atoms with Crippen LogP contribution in [0.3, 0.4) is 0 Å². The lowest BCUT2D eigenvalue weighted by Gasteiger charge is -2.14. The highest BCUT2D eigenvalue weighted by Crippen LogP contribution is 2.28. The van der Waals surface area contributed by atoms with Crippen molar-refractivity contribution in [2.24, 2.45) is 0 Å². The third kappa shape index (κ3) is 4.88. The smallest absolute Gasteiger partial charge is 0.346 e. The van der Waals surface area contributed by atoms with Crippen molar-refractivity contribution in [2.75, 3.05) is 0 Å². The minimum absolute atomic E-state index is 0.00801. The van der Waals surface area contributed by atoms with Gasteiger partial charge in [0, 0.05) is 17.5 Å². The lowest BCUT2D eigenvalue weighted by molar-refractivity contribution is 0.0704. The summed E-state index contributed by atoms with van der Waals surface area (Å²) in [5.41, 5.74) is -2.50. The number of ether oxygens (including phenoxy) is 2. The summed E-state index contributed by atoms with van der Waals surface area (Å²) in [4.78, 5) is 39.2. The van der Waals surface area contributed by atoms with Gasteiger partial charge in [-0.1, -0.05) is 5.16 Å². The highest BCUT2D eigenvalue weighted by atomic mass is 32.1. The summed E-state index contributed by atoms with van der Waals surface area (Å²) in [6.07, 6.45) is 0. The molecule has 0 aliphatic rings. The molecule has 3 aromatic heterocycles. The Kier molecular flexibility index (Phi) is 6.70. The monoisotopic (exact) mass is 559 g/mol. The largest absolute Gasteiger partial charge is 0.489 e. The van der Waals surface area contributed by atoms with E-state index in [4.69, 9.17) is 14.0 Å². The maximum Gasteiger partial charge on any atom is 0.346 e. The number of carboxylic acids is 1. The number of nitrogens with one attached hydrogen (secondary N) is 1. The molecule has 2 aromatic carbocycles. The predicted octanol–water partition coefficient (Wildman–Crippen LogP) is 4.31. The van der Waals surface area contributed by atoms with Gasteiger partial charge in [0.15, 0.2) is 11.6 Å². The van der Waals surface area contributed by atoms with Crippen LogP contribution in [0.25, 0.3) is 16.6 Å². The Labute approximate surface area is 219 Å². The minimum atomic E-state index is -1.39. The molecule has 3 heterocycles. The topological polar surface area (TPSA) is 137 Å². The van der Waals surface area contributed by atoms with Crippen LogP contribution in [0, 0.1) is 24.4 Å². The molecule has 0 atom stereocenters. The Hall–Kier alpha value is -4.85. The first-order chi connectivity index (χ1) is 18.6.